The Morgan fingerprint density at radius 1 is 0.781 bits per heavy atom. The van der Waals surface area contributed by atoms with Gasteiger partial charge in [0.15, 0.2) is 0 Å². The molecule has 0 bridgehead atoms. The molecule has 0 fully saturated rings. The molecular weight excluding hydrogens is 398 g/mol. The first-order valence-corrected chi connectivity index (χ1v) is 11.0. The van der Waals surface area contributed by atoms with Crippen LogP contribution < -0.4 is 10.1 Å². The lowest BCUT2D eigenvalue weighted by Crippen LogP contribution is -2.18. The topological polar surface area (TPSA) is 67.3 Å². The number of ether oxygens (including phenoxy) is 1. The van der Waals surface area contributed by atoms with Crippen LogP contribution in [0.5, 0.6) is 11.5 Å². The second-order valence-corrected chi connectivity index (χ2v) is 9.75. The lowest BCUT2D eigenvalue weighted by Gasteiger charge is -2.20. The van der Waals surface area contributed by atoms with E-state index >= 15 is 0 Å². The zero-order valence-electron chi connectivity index (χ0n) is 20.2. The van der Waals surface area contributed by atoms with Gasteiger partial charge in [0.1, 0.15) is 11.5 Å². The van der Waals surface area contributed by atoms with Gasteiger partial charge in [-0.1, -0.05) is 65.8 Å². The molecule has 3 aromatic rings. The van der Waals surface area contributed by atoms with Crippen molar-refractivity contribution in [3.63, 3.8) is 0 Å². The first-order valence-electron chi connectivity index (χ1n) is 11.0. The van der Waals surface area contributed by atoms with E-state index in [4.69, 9.17) is 9.84 Å². The van der Waals surface area contributed by atoms with Gasteiger partial charge in [-0.2, -0.15) is 0 Å². The second-order valence-electron chi connectivity index (χ2n) is 9.75. The highest BCUT2D eigenvalue weighted by atomic mass is 16.5. The van der Waals surface area contributed by atoms with Crippen LogP contribution in [0.4, 0.5) is 0 Å². The highest BCUT2D eigenvalue weighted by Gasteiger charge is 2.14. The van der Waals surface area contributed by atoms with Gasteiger partial charge in [0, 0.05) is 31.7 Å². The van der Waals surface area contributed by atoms with Crippen LogP contribution in [0.25, 0.3) is 0 Å². The van der Waals surface area contributed by atoms with Gasteiger partial charge in [0.25, 0.3) is 0 Å². The zero-order valence-corrected chi connectivity index (χ0v) is 20.2. The SMILES string of the molecule is CC(C)(C)c1ccc(Oc2ccc(C(C)(C)C)cc2)cc1.OCCNCc1cnccn1. The number of aromatic nitrogens is 2. The van der Waals surface area contributed by atoms with Crippen molar-refractivity contribution >= 4 is 0 Å². The fraction of sp³-hybridized carbons (Fsp3) is 0.407. The van der Waals surface area contributed by atoms with Gasteiger partial charge in [-0.25, -0.2) is 0 Å². The molecular formula is C27H37N3O2. The molecule has 0 atom stereocenters. The first-order chi connectivity index (χ1) is 15.1. The van der Waals surface area contributed by atoms with Crippen molar-refractivity contribution in [2.75, 3.05) is 13.2 Å². The van der Waals surface area contributed by atoms with E-state index in [1.807, 2.05) is 24.3 Å². The normalized spacial score (nSPS) is 11.5. The van der Waals surface area contributed by atoms with E-state index in [2.05, 4.69) is 81.1 Å². The number of rotatable bonds is 6. The van der Waals surface area contributed by atoms with Crippen molar-refractivity contribution in [3.8, 4) is 11.5 Å². The van der Waals surface area contributed by atoms with Gasteiger partial charge < -0.3 is 15.2 Å². The molecule has 0 aliphatic carbocycles. The number of hydrogen-bond acceptors (Lipinski definition) is 5. The van der Waals surface area contributed by atoms with Crippen LogP contribution in [0.2, 0.25) is 0 Å². The third-order valence-corrected chi connectivity index (χ3v) is 4.89. The highest BCUT2D eigenvalue weighted by Crippen LogP contribution is 2.29. The van der Waals surface area contributed by atoms with E-state index in [1.165, 1.54) is 11.1 Å². The molecule has 5 heteroatoms. The minimum absolute atomic E-state index is 0.153. The monoisotopic (exact) mass is 435 g/mol. The highest BCUT2D eigenvalue weighted by molar-refractivity contribution is 5.37. The third-order valence-electron chi connectivity index (χ3n) is 4.89. The molecule has 0 saturated heterocycles. The first kappa shape index (κ1) is 25.5. The molecule has 3 rings (SSSR count). The fourth-order valence-electron chi connectivity index (χ4n) is 2.90. The fourth-order valence-corrected chi connectivity index (χ4v) is 2.90. The van der Waals surface area contributed by atoms with Crippen LogP contribution in [0.1, 0.15) is 58.4 Å². The Bertz CT molecular complexity index is 855. The second kappa shape index (κ2) is 11.7. The number of nitrogens with one attached hydrogen (secondary N) is 1. The Kier molecular flexibility index (Phi) is 9.36. The maximum absolute atomic E-state index is 8.45. The van der Waals surface area contributed by atoms with Crippen LogP contribution in [0.3, 0.4) is 0 Å². The van der Waals surface area contributed by atoms with Gasteiger partial charge in [0.05, 0.1) is 12.3 Å². The maximum Gasteiger partial charge on any atom is 0.127 e. The standard InChI is InChI=1S/C20H26O.C7H11N3O/c1-19(2,3)15-7-11-17(12-8-15)21-18-13-9-16(10-14-18)20(4,5)6;11-4-3-9-6-7-5-8-1-2-10-7/h7-14H,1-6H3;1-2,5,9,11H,3-4,6H2. The van der Waals surface area contributed by atoms with E-state index in [9.17, 15) is 0 Å². The molecule has 0 aliphatic rings. The summed E-state index contributed by atoms with van der Waals surface area (Å²) in [7, 11) is 0. The Morgan fingerprint density at radius 2 is 1.28 bits per heavy atom. The summed E-state index contributed by atoms with van der Waals surface area (Å²) in [4.78, 5) is 7.94. The summed E-state index contributed by atoms with van der Waals surface area (Å²) in [6, 6.07) is 16.7. The molecule has 0 aliphatic heterocycles. The van der Waals surface area contributed by atoms with Crippen LogP contribution >= 0.6 is 0 Å². The van der Waals surface area contributed by atoms with Crippen LogP contribution in [-0.2, 0) is 17.4 Å². The van der Waals surface area contributed by atoms with Crippen molar-refractivity contribution in [1.82, 2.24) is 15.3 Å². The average molecular weight is 436 g/mol. The van der Waals surface area contributed by atoms with E-state index in [-0.39, 0.29) is 17.4 Å². The Balaban J connectivity index is 0.000000278. The third kappa shape index (κ3) is 8.77. The lowest BCUT2D eigenvalue weighted by atomic mass is 9.87. The molecule has 0 radical (unpaired) electrons. The van der Waals surface area contributed by atoms with Crippen LogP contribution in [0, 0.1) is 0 Å². The van der Waals surface area contributed by atoms with Gasteiger partial charge in [-0.15, -0.1) is 0 Å². The number of hydrogen-bond donors (Lipinski definition) is 2. The molecule has 0 saturated carbocycles. The predicted octanol–water partition coefficient (Wildman–Crippen LogP) is 5.63. The average Bonchev–Trinajstić information content (AvgIpc) is 2.75. The number of aliphatic hydroxyl groups excluding tert-OH is 1. The lowest BCUT2D eigenvalue weighted by molar-refractivity contribution is 0.291. The van der Waals surface area contributed by atoms with E-state index in [1.54, 1.807) is 18.6 Å². The van der Waals surface area contributed by atoms with E-state index in [0.29, 0.717) is 13.1 Å². The van der Waals surface area contributed by atoms with Crippen molar-refractivity contribution < 1.29 is 9.84 Å². The molecule has 0 amide bonds. The number of nitrogens with zero attached hydrogens (tertiary/aromatic N) is 2. The molecule has 1 aromatic heterocycles. The molecule has 0 unspecified atom stereocenters. The zero-order chi connectivity index (χ0) is 23.6. The largest absolute Gasteiger partial charge is 0.457 e. The van der Waals surface area contributed by atoms with Crippen LogP contribution in [-0.4, -0.2) is 28.2 Å². The quantitative estimate of drug-likeness (QED) is 0.491. The summed E-state index contributed by atoms with van der Waals surface area (Å²) < 4.78 is 5.91. The molecule has 172 valence electrons. The maximum atomic E-state index is 8.45. The van der Waals surface area contributed by atoms with E-state index < -0.39 is 0 Å². The van der Waals surface area contributed by atoms with Gasteiger partial charge in [0.2, 0.25) is 0 Å². The van der Waals surface area contributed by atoms with E-state index in [0.717, 1.165) is 17.2 Å². The molecule has 1 heterocycles. The Morgan fingerprint density at radius 3 is 1.66 bits per heavy atom. The molecule has 2 aromatic carbocycles. The summed E-state index contributed by atoms with van der Waals surface area (Å²) in [5.74, 6) is 1.76. The summed E-state index contributed by atoms with van der Waals surface area (Å²) in [5, 5.41) is 11.4. The minimum atomic E-state index is 0.153. The predicted molar refractivity (Wildman–Crippen MR) is 131 cm³/mol. The van der Waals surface area contributed by atoms with Crippen molar-refractivity contribution in [3.05, 3.63) is 83.9 Å². The van der Waals surface area contributed by atoms with Crippen LogP contribution in [0.15, 0.2) is 67.1 Å². The van der Waals surface area contributed by atoms with Gasteiger partial charge in [-0.3, -0.25) is 9.97 Å². The van der Waals surface area contributed by atoms with Crippen molar-refractivity contribution in [2.24, 2.45) is 0 Å². The summed E-state index contributed by atoms with van der Waals surface area (Å²) in [5.41, 5.74) is 3.87. The molecule has 5 nitrogen and oxygen atoms in total. The minimum Gasteiger partial charge on any atom is -0.457 e. The van der Waals surface area contributed by atoms with Gasteiger partial charge >= 0.3 is 0 Å². The van der Waals surface area contributed by atoms with Gasteiger partial charge in [-0.05, 0) is 46.2 Å². The summed E-state index contributed by atoms with van der Waals surface area (Å²) >= 11 is 0. The molecule has 2 N–H and O–H groups in total. The molecule has 0 spiro atoms. The number of benzene rings is 2. The molecule has 32 heavy (non-hydrogen) atoms. The Labute approximate surface area is 192 Å². The van der Waals surface area contributed by atoms with Crippen molar-refractivity contribution in [2.45, 2.75) is 58.9 Å². The smallest absolute Gasteiger partial charge is 0.127 e. The number of aliphatic hydroxyl groups is 1. The summed E-state index contributed by atoms with van der Waals surface area (Å²) in [6.45, 7) is 14.7. The Hall–Kier alpha value is -2.76. The van der Waals surface area contributed by atoms with Crippen molar-refractivity contribution in [1.29, 1.82) is 0 Å². The summed E-state index contributed by atoms with van der Waals surface area (Å²) in [6.07, 6.45) is 4.98.